The fourth-order valence-electron chi connectivity index (χ4n) is 8.24. The van der Waals surface area contributed by atoms with E-state index in [1.54, 1.807) is 6.08 Å². The Balaban J connectivity index is 3.43. The van der Waals surface area contributed by atoms with Crippen molar-refractivity contribution in [3.05, 3.63) is 24.3 Å². The SMILES string of the molecule is CCCCCC/C=C/CC/C=C/C(O)C(CO)NC(=O)CC(O)CCCCCCCCCCCCCCCCCCCCCCCCCCCCCCCCCCC. The third-order valence-electron chi connectivity index (χ3n) is 12.2. The lowest BCUT2D eigenvalue weighted by molar-refractivity contribution is -0.124. The Morgan fingerprint density at radius 3 is 1.10 bits per heavy atom. The van der Waals surface area contributed by atoms with Crippen LogP contribution in [0.1, 0.15) is 284 Å². The van der Waals surface area contributed by atoms with E-state index in [2.05, 4.69) is 31.3 Å². The number of nitrogens with one attached hydrogen (secondary N) is 1. The summed E-state index contributed by atoms with van der Waals surface area (Å²) in [6.45, 7) is 4.18. The monoisotopic (exact) mass is 818 g/mol. The molecule has 0 aliphatic rings. The lowest BCUT2D eigenvalue weighted by atomic mass is 10.0. The molecule has 0 heterocycles. The minimum atomic E-state index is -0.947. The predicted octanol–water partition coefficient (Wildman–Crippen LogP) is 15.7. The van der Waals surface area contributed by atoms with Crippen molar-refractivity contribution in [3.8, 4) is 0 Å². The number of hydrogen-bond donors (Lipinski definition) is 4. The molecule has 0 bridgehead atoms. The summed E-state index contributed by atoms with van der Waals surface area (Å²) >= 11 is 0. The van der Waals surface area contributed by atoms with E-state index in [0.29, 0.717) is 6.42 Å². The molecule has 0 aromatic carbocycles. The minimum absolute atomic E-state index is 0.00954. The van der Waals surface area contributed by atoms with Crippen molar-refractivity contribution < 1.29 is 20.1 Å². The van der Waals surface area contributed by atoms with Crippen molar-refractivity contribution in [1.82, 2.24) is 5.32 Å². The molecule has 0 aliphatic heterocycles. The van der Waals surface area contributed by atoms with Crippen LogP contribution in [0.4, 0.5) is 0 Å². The topological polar surface area (TPSA) is 89.8 Å². The molecule has 1 amide bonds. The summed E-state index contributed by atoms with van der Waals surface area (Å²) in [6, 6.07) is -0.756. The third-order valence-corrected chi connectivity index (χ3v) is 12.2. The molecule has 0 radical (unpaired) electrons. The number of rotatable bonds is 48. The van der Waals surface area contributed by atoms with Crippen molar-refractivity contribution >= 4 is 5.91 Å². The first-order chi connectivity index (χ1) is 28.5. The van der Waals surface area contributed by atoms with E-state index in [9.17, 15) is 20.1 Å². The van der Waals surface area contributed by atoms with E-state index in [0.717, 1.165) is 32.1 Å². The Hall–Kier alpha value is -1.17. The summed E-state index contributed by atoms with van der Waals surface area (Å²) in [4.78, 5) is 12.4. The smallest absolute Gasteiger partial charge is 0.222 e. The number of carbonyl (C=O) groups is 1. The average molecular weight is 818 g/mol. The highest BCUT2D eigenvalue weighted by Crippen LogP contribution is 2.18. The van der Waals surface area contributed by atoms with Gasteiger partial charge in [0, 0.05) is 0 Å². The summed E-state index contributed by atoms with van der Waals surface area (Å²) in [5, 5.41) is 33.1. The molecule has 344 valence electrons. The molecule has 0 spiro atoms. The molecule has 5 nitrogen and oxygen atoms in total. The highest BCUT2D eigenvalue weighted by molar-refractivity contribution is 5.76. The molecular formula is C53H103NO4. The van der Waals surface area contributed by atoms with Gasteiger partial charge in [-0.05, 0) is 32.1 Å². The second-order valence-corrected chi connectivity index (χ2v) is 18.1. The van der Waals surface area contributed by atoms with Crippen LogP contribution >= 0.6 is 0 Å². The maximum atomic E-state index is 12.4. The van der Waals surface area contributed by atoms with Crippen molar-refractivity contribution in [3.63, 3.8) is 0 Å². The van der Waals surface area contributed by atoms with Gasteiger partial charge in [-0.3, -0.25) is 4.79 Å². The van der Waals surface area contributed by atoms with E-state index in [1.165, 1.54) is 225 Å². The van der Waals surface area contributed by atoms with E-state index < -0.39 is 18.2 Å². The molecule has 0 fully saturated rings. The molecular weight excluding hydrogens is 715 g/mol. The van der Waals surface area contributed by atoms with Crippen LogP contribution in [0.3, 0.4) is 0 Å². The van der Waals surface area contributed by atoms with Crippen LogP contribution in [0.5, 0.6) is 0 Å². The Morgan fingerprint density at radius 1 is 0.431 bits per heavy atom. The third kappa shape index (κ3) is 44.4. The van der Waals surface area contributed by atoms with Gasteiger partial charge < -0.3 is 20.6 Å². The first-order valence-corrected chi connectivity index (χ1v) is 26.1. The van der Waals surface area contributed by atoms with E-state index in [1.807, 2.05) is 6.08 Å². The molecule has 3 unspecified atom stereocenters. The standard InChI is InChI=1S/C53H103NO4/c1-3-5-7-9-11-13-15-16-17-18-19-20-21-22-23-24-25-26-27-28-29-30-31-32-33-34-35-36-37-38-40-42-44-46-50(56)48-53(58)54-51(49-55)52(57)47-45-43-41-39-14-12-10-8-6-4-2/h14,39,45,47,50-52,55-57H,3-13,15-38,40-44,46,48-49H2,1-2H3,(H,54,58)/b39-14+,47-45+. The van der Waals surface area contributed by atoms with Crippen LogP contribution in [0.2, 0.25) is 0 Å². The molecule has 0 aromatic heterocycles. The van der Waals surface area contributed by atoms with Crippen molar-refractivity contribution in [2.75, 3.05) is 6.61 Å². The summed E-state index contributed by atoms with van der Waals surface area (Å²) in [5.74, 6) is -0.323. The van der Waals surface area contributed by atoms with Gasteiger partial charge in [0.15, 0.2) is 0 Å². The Labute approximate surface area is 362 Å². The van der Waals surface area contributed by atoms with Crippen molar-refractivity contribution in [2.24, 2.45) is 0 Å². The number of amides is 1. The average Bonchev–Trinajstić information content (AvgIpc) is 3.22. The van der Waals surface area contributed by atoms with E-state index in [-0.39, 0.29) is 18.9 Å². The number of unbranched alkanes of at least 4 members (excludes halogenated alkanes) is 37. The Morgan fingerprint density at radius 2 is 0.741 bits per heavy atom. The molecule has 4 N–H and O–H groups in total. The molecule has 0 saturated heterocycles. The van der Waals surface area contributed by atoms with Gasteiger partial charge in [0.05, 0.1) is 31.3 Å². The summed E-state index contributed by atoms with van der Waals surface area (Å²) in [6.07, 6.45) is 61.0. The fourth-order valence-corrected chi connectivity index (χ4v) is 8.24. The van der Waals surface area contributed by atoms with Crippen LogP contribution in [-0.4, -0.2) is 46.1 Å². The highest BCUT2D eigenvalue weighted by Gasteiger charge is 2.20. The van der Waals surface area contributed by atoms with Gasteiger partial charge in [0.1, 0.15) is 0 Å². The number of aliphatic hydroxyl groups is 3. The van der Waals surface area contributed by atoms with Crippen LogP contribution in [-0.2, 0) is 4.79 Å². The van der Waals surface area contributed by atoms with Gasteiger partial charge in [0.25, 0.3) is 0 Å². The lowest BCUT2D eigenvalue weighted by Gasteiger charge is -2.21. The first kappa shape index (κ1) is 56.8. The van der Waals surface area contributed by atoms with Crippen molar-refractivity contribution in [2.45, 2.75) is 302 Å². The van der Waals surface area contributed by atoms with E-state index >= 15 is 0 Å². The minimum Gasteiger partial charge on any atom is -0.394 e. The summed E-state index contributed by atoms with van der Waals surface area (Å²) in [7, 11) is 0. The van der Waals surface area contributed by atoms with Crippen molar-refractivity contribution in [1.29, 1.82) is 0 Å². The number of allylic oxidation sites excluding steroid dienone is 3. The molecule has 3 atom stereocenters. The zero-order valence-electron chi connectivity index (χ0n) is 39.2. The summed E-state index contributed by atoms with van der Waals surface area (Å²) < 4.78 is 0. The second-order valence-electron chi connectivity index (χ2n) is 18.1. The Kier molecular flexibility index (Phi) is 47.5. The molecule has 0 saturated carbocycles. The number of aliphatic hydroxyl groups excluding tert-OH is 3. The van der Waals surface area contributed by atoms with Crippen LogP contribution in [0.25, 0.3) is 0 Å². The molecule has 5 heteroatoms. The largest absolute Gasteiger partial charge is 0.394 e. The molecule has 0 rings (SSSR count). The number of hydrogen-bond acceptors (Lipinski definition) is 4. The van der Waals surface area contributed by atoms with Gasteiger partial charge in [-0.15, -0.1) is 0 Å². The van der Waals surface area contributed by atoms with Gasteiger partial charge in [0.2, 0.25) is 5.91 Å². The zero-order valence-corrected chi connectivity index (χ0v) is 39.2. The van der Waals surface area contributed by atoms with Crippen LogP contribution in [0.15, 0.2) is 24.3 Å². The maximum Gasteiger partial charge on any atom is 0.222 e. The molecule has 0 aromatic rings. The lowest BCUT2D eigenvalue weighted by Crippen LogP contribution is -2.45. The van der Waals surface area contributed by atoms with Gasteiger partial charge in [-0.2, -0.15) is 0 Å². The van der Waals surface area contributed by atoms with Crippen LogP contribution in [0, 0.1) is 0 Å². The highest BCUT2D eigenvalue weighted by atomic mass is 16.3. The van der Waals surface area contributed by atoms with Crippen LogP contribution < -0.4 is 5.32 Å². The molecule has 58 heavy (non-hydrogen) atoms. The number of carbonyl (C=O) groups excluding carboxylic acids is 1. The van der Waals surface area contributed by atoms with Gasteiger partial charge in [-0.25, -0.2) is 0 Å². The first-order valence-electron chi connectivity index (χ1n) is 26.1. The maximum absolute atomic E-state index is 12.4. The van der Waals surface area contributed by atoms with Gasteiger partial charge in [-0.1, -0.05) is 269 Å². The fraction of sp³-hybridized carbons (Fsp3) is 0.906. The zero-order chi connectivity index (χ0) is 42.3. The van der Waals surface area contributed by atoms with E-state index in [4.69, 9.17) is 0 Å². The molecule has 0 aliphatic carbocycles. The second kappa shape index (κ2) is 48.5. The Bertz CT molecular complexity index is 859. The summed E-state index contributed by atoms with van der Waals surface area (Å²) in [5.41, 5.74) is 0. The van der Waals surface area contributed by atoms with Gasteiger partial charge >= 0.3 is 0 Å². The normalized spacial score (nSPS) is 13.5. The quantitative estimate of drug-likeness (QED) is 0.0364. The predicted molar refractivity (Wildman–Crippen MR) is 255 cm³/mol.